The maximum absolute atomic E-state index is 13.6. The van der Waals surface area contributed by atoms with E-state index in [-0.39, 0.29) is 17.6 Å². The summed E-state index contributed by atoms with van der Waals surface area (Å²) in [7, 11) is 0. The third-order valence-corrected chi connectivity index (χ3v) is 4.96. The van der Waals surface area contributed by atoms with Crippen molar-refractivity contribution < 1.29 is 9.18 Å². The molecule has 0 saturated heterocycles. The van der Waals surface area contributed by atoms with Crippen molar-refractivity contribution in [2.24, 2.45) is 0 Å². The van der Waals surface area contributed by atoms with E-state index in [1.807, 2.05) is 24.3 Å². The number of rotatable bonds is 7. The first-order valence-electron chi connectivity index (χ1n) is 8.61. The largest absolute Gasteiger partial charge is 0.324 e. The minimum Gasteiger partial charge on any atom is -0.324 e. The van der Waals surface area contributed by atoms with E-state index < -0.39 is 5.82 Å². The number of halogens is 2. The van der Waals surface area contributed by atoms with E-state index in [1.165, 1.54) is 6.07 Å². The number of anilines is 1. The fourth-order valence-corrected chi connectivity index (χ4v) is 3.39. The van der Waals surface area contributed by atoms with E-state index in [1.54, 1.807) is 18.2 Å². The summed E-state index contributed by atoms with van der Waals surface area (Å²) < 4.78 is 13.6. The highest BCUT2D eigenvalue weighted by molar-refractivity contribution is 6.31. The van der Waals surface area contributed by atoms with E-state index in [2.05, 4.69) is 17.1 Å². The fourth-order valence-electron chi connectivity index (χ4n) is 3.10. The number of hydrogen-bond acceptors (Lipinski definition) is 2. The smallest absolute Gasteiger partial charge is 0.225 e. The van der Waals surface area contributed by atoms with Crippen LogP contribution in [0.15, 0.2) is 48.5 Å². The lowest BCUT2D eigenvalue weighted by molar-refractivity contribution is -0.116. The first-order valence-corrected chi connectivity index (χ1v) is 8.98. The van der Waals surface area contributed by atoms with Crippen LogP contribution >= 0.6 is 11.6 Å². The number of carbonyl (C=O) groups excluding carboxylic acids is 1. The van der Waals surface area contributed by atoms with Crippen LogP contribution in [0, 0.1) is 5.82 Å². The molecule has 1 aliphatic rings. The Bertz CT molecular complexity index is 748. The number of benzene rings is 2. The molecule has 0 radical (unpaired) electrons. The lowest BCUT2D eigenvalue weighted by Crippen LogP contribution is -2.32. The molecule has 5 heteroatoms. The Balaban J connectivity index is 1.62. The average molecular weight is 361 g/mol. The number of nitrogens with zero attached hydrogens (tertiary/aromatic N) is 1. The van der Waals surface area contributed by atoms with Crippen molar-refractivity contribution in [2.45, 2.75) is 38.3 Å². The van der Waals surface area contributed by atoms with Crippen molar-refractivity contribution >= 4 is 23.2 Å². The predicted octanol–water partition coefficient (Wildman–Crippen LogP) is 5.03. The van der Waals surface area contributed by atoms with Gasteiger partial charge in [-0.1, -0.05) is 41.9 Å². The topological polar surface area (TPSA) is 32.3 Å². The van der Waals surface area contributed by atoms with Gasteiger partial charge in [-0.3, -0.25) is 9.69 Å². The molecule has 3 rings (SSSR count). The molecule has 1 unspecified atom stereocenters. The lowest BCUT2D eigenvalue weighted by atomic mass is 10.1. The maximum Gasteiger partial charge on any atom is 0.225 e. The van der Waals surface area contributed by atoms with Gasteiger partial charge in [0.25, 0.3) is 0 Å². The second kappa shape index (κ2) is 7.98. The van der Waals surface area contributed by atoms with Gasteiger partial charge in [0.15, 0.2) is 0 Å². The van der Waals surface area contributed by atoms with Gasteiger partial charge in [-0.05, 0) is 43.5 Å². The molecule has 0 bridgehead atoms. The number of carbonyl (C=O) groups is 1. The number of para-hydroxylation sites is 1. The molecule has 25 heavy (non-hydrogen) atoms. The molecule has 3 nitrogen and oxygen atoms in total. The van der Waals surface area contributed by atoms with E-state index in [0.717, 1.165) is 23.4 Å². The number of nitrogens with one attached hydrogen (secondary N) is 1. The van der Waals surface area contributed by atoms with Crippen molar-refractivity contribution in [3.8, 4) is 0 Å². The minimum atomic E-state index is -0.417. The third-order valence-electron chi connectivity index (χ3n) is 4.61. The van der Waals surface area contributed by atoms with Gasteiger partial charge in [-0.2, -0.15) is 0 Å². The van der Waals surface area contributed by atoms with Crippen LogP contribution in [-0.2, 0) is 4.79 Å². The van der Waals surface area contributed by atoms with Crippen LogP contribution in [0.4, 0.5) is 10.1 Å². The van der Waals surface area contributed by atoms with Gasteiger partial charge in [0.2, 0.25) is 5.91 Å². The molecular weight excluding hydrogens is 339 g/mol. The Kier molecular flexibility index (Phi) is 5.71. The standard InChI is InChI=1S/C20H22ClFN2O/c1-14(16-6-2-3-7-17(16)21)24(15-10-11-15)13-12-20(25)23-19-9-5-4-8-18(19)22/h2-9,14-15H,10-13H2,1H3,(H,23,25). The van der Waals surface area contributed by atoms with Crippen LogP contribution in [-0.4, -0.2) is 23.4 Å². The summed E-state index contributed by atoms with van der Waals surface area (Å²) in [5.74, 6) is -0.596. The Hall–Kier alpha value is -1.91. The highest BCUT2D eigenvalue weighted by atomic mass is 35.5. The molecule has 1 amide bonds. The molecule has 2 aromatic rings. The zero-order valence-electron chi connectivity index (χ0n) is 14.2. The summed E-state index contributed by atoms with van der Waals surface area (Å²) >= 11 is 6.33. The zero-order valence-corrected chi connectivity index (χ0v) is 15.0. The maximum atomic E-state index is 13.6. The quantitative estimate of drug-likeness (QED) is 0.750. The van der Waals surface area contributed by atoms with Crippen molar-refractivity contribution in [2.75, 3.05) is 11.9 Å². The van der Waals surface area contributed by atoms with Crippen LogP contribution in [0.3, 0.4) is 0 Å². The van der Waals surface area contributed by atoms with Crippen molar-refractivity contribution in [3.05, 3.63) is 64.9 Å². The van der Waals surface area contributed by atoms with Crippen molar-refractivity contribution in [1.29, 1.82) is 0 Å². The molecule has 1 atom stereocenters. The Morgan fingerprint density at radius 2 is 1.92 bits per heavy atom. The van der Waals surface area contributed by atoms with Crippen molar-refractivity contribution in [3.63, 3.8) is 0 Å². The van der Waals surface area contributed by atoms with Crippen LogP contribution in [0.25, 0.3) is 0 Å². The van der Waals surface area contributed by atoms with Gasteiger partial charge in [0, 0.05) is 30.1 Å². The first-order chi connectivity index (χ1) is 12.1. The summed E-state index contributed by atoms with van der Waals surface area (Å²) in [4.78, 5) is 14.5. The molecule has 0 spiro atoms. The molecule has 1 N–H and O–H groups in total. The molecule has 132 valence electrons. The van der Waals surface area contributed by atoms with Crippen LogP contribution < -0.4 is 5.32 Å². The van der Waals surface area contributed by atoms with E-state index in [9.17, 15) is 9.18 Å². The normalized spacial score (nSPS) is 15.2. The van der Waals surface area contributed by atoms with E-state index >= 15 is 0 Å². The molecule has 0 heterocycles. The lowest BCUT2D eigenvalue weighted by Gasteiger charge is -2.30. The van der Waals surface area contributed by atoms with Gasteiger partial charge in [-0.15, -0.1) is 0 Å². The van der Waals surface area contributed by atoms with Crippen LogP contribution in [0.2, 0.25) is 5.02 Å². The van der Waals surface area contributed by atoms with Crippen molar-refractivity contribution in [1.82, 2.24) is 4.90 Å². The molecule has 1 saturated carbocycles. The summed E-state index contributed by atoms with van der Waals surface area (Å²) in [6.45, 7) is 2.74. The van der Waals surface area contributed by atoms with Gasteiger partial charge < -0.3 is 5.32 Å². The highest BCUT2D eigenvalue weighted by Gasteiger charge is 2.33. The van der Waals surface area contributed by atoms with E-state index in [0.29, 0.717) is 19.0 Å². The average Bonchev–Trinajstić information content (AvgIpc) is 3.42. The highest BCUT2D eigenvalue weighted by Crippen LogP contribution is 2.36. The Morgan fingerprint density at radius 1 is 1.24 bits per heavy atom. The fraction of sp³-hybridized carbons (Fsp3) is 0.350. The summed E-state index contributed by atoms with van der Waals surface area (Å²) in [5, 5.41) is 3.40. The summed E-state index contributed by atoms with van der Waals surface area (Å²) in [6, 6.07) is 14.7. The van der Waals surface area contributed by atoms with E-state index in [4.69, 9.17) is 11.6 Å². The van der Waals surface area contributed by atoms with Crippen LogP contribution in [0.5, 0.6) is 0 Å². The van der Waals surface area contributed by atoms with Gasteiger partial charge in [0.1, 0.15) is 5.82 Å². The SMILES string of the molecule is CC(c1ccccc1Cl)N(CCC(=O)Nc1ccccc1F)C1CC1. The molecular formula is C20H22ClFN2O. The van der Waals surface area contributed by atoms with Gasteiger partial charge >= 0.3 is 0 Å². The molecule has 1 fully saturated rings. The third kappa shape index (κ3) is 4.59. The summed E-state index contributed by atoms with van der Waals surface area (Å²) in [6.07, 6.45) is 2.60. The zero-order chi connectivity index (χ0) is 17.8. The van der Waals surface area contributed by atoms with Gasteiger partial charge in [-0.25, -0.2) is 4.39 Å². The monoisotopic (exact) mass is 360 g/mol. The van der Waals surface area contributed by atoms with Gasteiger partial charge in [0.05, 0.1) is 5.69 Å². The second-order valence-electron chi connectivity index (χ2n) is 6.44. The predicted molar refractivity (Wildman–Crippen MR) is 99.2 cm³/mol. The molecule has 2 aromatic carbocycles. The Morgan fingerprint density at radius 3 is 2.60 bits per heavy atom. The Labute approximate surface area is 152 Å². The minimum absolute atomic E-state index is 0.141. The molecule has 0 aromatic heterocycles. The molecule has 1 aliphatic carbocycles. The first kappa shape index (κ1) is 17.9. The second-order valence-corrected chi connectivity index (χ2v) is 6.85. The number of hydrogen-bond donors (Lipinski definition) is 1. The summed E-state index contributed by atoms with van der Waals surface area (Å²) in [5.41, 5.74) is 1.30. The van der Waals surface area contributed by atoms with Crippen LogP contribution in [0.1, 0.15) is 37.8 Å². The number of amides is 1. The molecule has 0 aliphatic heterocycles.